The van der Waals surface area contributed by atoms with Crippen LogP contribution in [-0.2, 0) is 19.0 Å². The van der Waals surface area contributed by atoms with Crippen LogP contribution in [0.25, 0.3) is 0 Å². The van der Waals surface area contributed by atoms with Crippen LogP contribution in [0.5, 0.6) is 11.5 Å². The molecule has 0 aliphatic carbocycles. The highest BCUT2D eigenvalue weighted by Gasteiger charge is 2.63. The number of hydrogen-bond donors (Lipinski definition) is 1. The lowest BCUT2D eigenvalue weighted by Crippen LogP contribution is -2.73. The minimum Gasteiger partial charge on any atom is -0.497 e. The maximum Gasteiger partial charge on any atom is 0.270 e. The molecular weight excluding hydrogens is 402 g/mol. The molecule has 3 saturated heterocycles. The van der Waals surface area contributed by atoms with Crippen molar-refractivity contribution in [3.8, 4) is 11.5 Å². The van der Waals surface area contributed by atoms with Crippen LogP contribution in [-0.4, -0.2) is 60.7 Å². The second-order valence-electron chi connectivity index (χ2n) is 8.31. The fourth-order valence-corrected chi connectivity index (χ4v) is 4.43. The van der Waals surface area contributed by atoms with E-state index in [1.54, 1.807) is 56.2 Å². The predicted molar refractivity (Wildman–Crippen MR) is 110 cm³/mol. The van der Waals surface area contributed by atoms with Crippen molar-refractivity contribution in [2.75, 3.05) is 12.0 Å². The van der Waals surface area contributed by atoms with E-state index in [-0.39, 0.29) is 5.91 Å². The molecule has 0 aromatic heterocycles. The summed E-state index contributed by atoms with van der Waals surface area (Å²) in [5.41, 5.74) is 0.636. The van der Waals surface area contributed by atoms with Crippen LogP contribution in [0.15, 0.2) is 54.6 Å². The first-order valence-electron chi connectivity index (χ1n) is 10.3. The van der Waals surface area contributed by atoms with Crippen molar-refractivity contribution in [1.82, 2.24) is 0 Å². The summed E-state index contributed by atoms with van der Waals surface area (Å²) in [6.07, 6.45) is -3.90. The number of carbonyl (C=O) groups excluding carboxylic acids is 1. The Kier molecular flexibility index (Phi) is 4.90. The van der Waals surface area contributed by atoms with E-state index in [2.05, 4.69) is 0 Å². The average Bonchev–Trinajstić information content (AvgIpc) is 3.22. The molecule has 5 rings (SSSR count). The van der Waals surface area contributed by atoms with Gasteiger partial charge in [0.25, 0.3) is 5.91 Å². The van der Waals surface area contributed by atoms with Crippen molar-refractivity contribution in [1.29, 1.82) is 0 Å². The molecule has 1 N–H and O–H groups in total. The van der Waals surface area contributed by atoms with Crippen molar-refractivity contribution in [2.45, 2.75) is 56.4 Å². The first kappa shape index (κ1) is 20.3. The molecule has 2 aromatic rings. The molecule has 8 heteroatoms. The van der Waals surface area contributed by atoms with Gasteiger partial charge < -0.3 is 28.8 Å². The number of ether oxygens (including phenoxy) is 5. The van der Waals surface area contributed by atoms with E-state index < -0.39 is 42.5 Å². The lowest BCUT2D eigenvalue weighted by molar-refractivity contribution is -0.221. The predicted octanol–water partition coefficient (Wildman–Crippen LogP) is 2.10. The molecule has 0 bridgehead atoms. The van der Waals surface area contributed by atoms with Crippen molar-refractivity contribution >= 4 is 11.6 Å². The smallest absolute Gasteiger partial charge is 0.270 e. The van der Waals surface area contributed by atoms with E-state index in [0.717, 1.165) is 0 Å². The van der Waals surface area contributed by atoms with Gasteiger partial charge in [0.05, 0.1) is 7.11 Å². The maximum absolute atomic E-state index is 13.2. The highest BCUT2D eigenvalue weighted by atomic mass is 16.8. The van der Waals surface area contributed by atoms with Gasteiger partial charge in [-0.25, -0.2) is 0 Å². The summed E-state index contributed by atoms with van der Waals surface area (Å²) in [5.74, 6) is 0.118. The van der Waals surface area contributed by atoms with Crippen LogP contribution in [0.3, 0.4) is 0 Å². The Hall–Kier alpha value is -2.65. The summed E-state index contributed by atoms with van der Waals surface area (Å²) in [4.78, 5) is 14.7. The van der Waals surface area contributed by atoms with Gasteiger partial charge in [-0.05, 0) is 38.1 Å². The quantitative estimate of drug-likeness (QED) is 0.732. The minimum absolute atomic E-state index is 0.225. The number of carbonyl (C=O) groups is 1. The Balaban J connectivity index is 1.45. The number of hydrogen-bond acceptors (Lipinski definition) is 7. The summed E-state index contributed by atoms with van der Waals surface area (Å²) >= 11 is 0. The minimum atomic E-state index is -0.986. The van der Waals surface area contributed by atoms with Crippen LogP contribution < -0.4 is 14.4 Å². The third-order valence-electron chi connectivity index (χ3n) is 5.82. The Bertz CT molecular complexity index is 965. The molecule has 0 spiro atoms. The largest absolute Gasteiger partial charge is 0.497 e. The normalized spacial score (nSPS) is 33.7. The number of aliphatic hydroxyl groups excluding tert-OH is 1. The van der Waals surface area contributed by atoms with E-state index >= 15 is 0 Å². The Labute approximate surface area is 180 Å². The molecule has 0 unspecified atom stereocenters. The van der Waals surface area contributed by atoms with Gasteiger partial charge in [0.1, 0.15) is 35.9 Å². The molecule has 3 aliphatic rings. The number of benzene rings is 2. The summed E-state index contributed by atoms with van der Waals surface area (Å²) in [7, 11) is 1.57. The monoisotopic (exact) mass is 427 g/mol. The molecule has 6 atom stereocenters. The van der Waals surface area contributed by atoms with Gasteiger partial charge >= 0.3 is 0 Å². The summed E-state index contributed by atoms with van der Waals surface area (Å²) in [5, 5.41) is 11.0. The summed E-state index contributed by atoms with van der Waals surface area (Å²) in [6.45, 7) is 3.54. The van der Waals surface area contributed by atoms with E-state index in [1.807, 2.05) is 24.3 Å². The highest BCUT2D eigenvalue weighted by molar-refractivity contribution is 6.05. The van der Waals surface area contributed by atoms with Crippen LogP contribution >= 0.6 is 0 Å². The average molecular weight is 427 g/mol. The second kappa shape index (κ2) is 7.49. The lowest BCUT2D eigenvalue weighted by Gasteiger charge is -2.49. The molecule has 8 nitrogen and oxygen atoms in total. The zero-order valence-corrected chi connectivity index (χ0v) is 17.5. The Morgan fingerprint density at radius 1 is 1.00 bits per heavy atom. The second-order valence-corrected chi connectivity index (χ2v) is 8.31. The topological polar surface area (TPSA) is 86.7 Å². The van der Waals surface area contributed by atoms with Gasteiger partial charge in [-0.1, -0.05) is 24.3 Å². The number of rotatable bonds is 5. The van der Waals surface area contributed by atoms with Crippen molar-refractivity contribution < 1.29 is 33.6 Å². The number of amides is 1. The number of fused-ring (bicyclic) bond motifs is 1. The van der Waals surface area contributed by atoms with Gasteiger partial charge in [-0.2, -0.15) is 0 Å². The first-order chi connectivity index (χ1) is 14.9. The van der Waals surface area contributed by atoms with Crippen LogP contribution in [0.2, 0.25) is 0 Å². The fraction of sp³-hybridized carbons (Fsp3) is 0.435. The van der Waals surface area contributed by atoms with Gasteiger partial charge in [0.15, 0.2) is 12.1 Å². The number of aliphatic hydroxyl groups is 1. The van der Waals surface area contributed by atoms with Gasteiger partial charge in [0.2, 0.25) is 6.10 Å². The van der Waals surface area contributed by atoms with Crippen molar-refractivity contribution in [2.24, 2.45) is 0 Å². The molecule has 3 aliphatic heterocycles. The Morgan fingerprint density at radius 2 is 1.74 bits per heavy atom. The van der Waals surface area contributed by atoms with E-state index in [1.165, 1.54) is 0 Å². The lowest BCUT2D eigenvalue weighted by atomic mass is 9.88. The molecule has 0 radical (unpaired) electrons. The SMILES string of the molecule is COc1cccc(N2C(=O)[C@@H](Oc3ccccc3)[C@H]2[C@H]2O[C@@H]3OC(C)(C)O[C@@H]3[C@H]2O)c1. The third-order valence-corrected chi connectivity index (χ3v) is 5.82. The Morgan fingerprint density at radius 3 is 2.45 bits per heavy atom. The van der Waals surface area contributed by atoms with Gasteiger partial charge in [-0.15, -0.1) is 0 Å². The summed E-state index contributed by atoms with van der Waals surface area (Å²) in [6, 6.07) is 15.7. The maximum atomic E-state index is 13.2. The fourth-order valence-electron chi connectivity index (χ4n) is 4.43. The van der Waals surface area contributed by atoms with Crippen molar-refractivity contribution in [3.63, 3.8) is 0 Å². The molecule has 31 heavy (non-hydrogen) atoms. The number of methoxy groups -OCH3 is 1. The molecule has 164 valence electrons. The number of nitrogens with zero attached hydrogens (tertiary/aromatic N) is 1. The molecule has 0 saturated carbocycles. The standard InChI is InChI=1S/C23H25NO7/c1-23(2)30-20-17(25)18(29-22(20)31-23)16-19(28-14-9-5-4-6-10-14)21(26)24(16)13-8-7-11-15(12-13)27-3/h4-12,16-20,22,25H,1-3H3/t16-,17+,18-,19+,20-,22-/m1/s1. The third kappa shape index (κ3) is 3.45. The number of anilines is 1. The number of para-hydroxylation sites is 1. The van der Waals surface area contributed by atoms with E-state index in [9.17, 15) is 9.90 Å². The van der Waals surface area contributed by atoms with Crippen LogP contribution in [0, 0.1) is 0 Å². The zero-order valence-electron chi connectivity index (χ0n) is 17.5. The molecule has 1 amide bonds. The zero-order chi connectivity index (χ0) is 21.8. The molecule has 3 fully saturated rings. The van der Waals surface area contributed by atoms with Gasteiger partial charge in [0, 0.05) is 11.8 Å². The van der Waals surface area contributed by atoms with Crippen LogP contribution in [0.1, 0.15) is 13.8 Å². The first-order valence-corrected chi connectivity index (χ1v) is 10.3. The molecule has 2 aromatic carbocycles. The number of β-lactam (4-membered cyclic amide) rings is 1. The molecular formula is C23H25NO7. The van der Waals surface area contributed by atoms with Crippen molar-refractivity contribution in [3.05, 3.63) is 54.6 Å². The highest BCUT2D eigenvalue weighted by Crippen LogP contribution is 2.43. The molecule has 3 heterocycles. The van der Waals surface area contributed by atoms with E-state index in [0.29, 0.717) is 17.2 Å². The van der Waals surface area contributed by atoms with Gasteiger partial charge in [-0.3, -0.25) is 9.69 Å². The van der Waals surface area contributed by atoms with E-state index in [4.69, 9.17) is 23.7 Å². The van der Waals surface area contributed by atoms with Crippen LogP contribution in [0.4, 0.5) is 5.69 Å². The summed E-state index contributed by atoms with van der Waals surface area (Å²) < 4.78 is 29.0.